The second kappa shape index (κ2) is 5.73. The molecule has 0 fully saturated rings. The Morgan fingerprint density at radius 1 is 1.50 bits per heavy atom. The van der Waals surface area contributed by atoms with Crippen molar-refractivity contribution in [2.24, 2.45) is 5.10 Å². The number of carboxylic acids is 1. The largest absolute Gasteiger partial charge is 0.480 e. The number of nitrogens with zero attached hydrogens (tertiary/aromatic N) is 2. The minimum atomic E-state index is -1.02. The molecular weight excluding hydrogens is 260 g/mol. The molecule has 6 nitrogen and oxygen atoms in total. The third kappa shape index (κ3) is 2.79. The fourth-order valence-corrected chi connectivity index (χ4v) is 2.05. The van der Waals surface area contributed by atoms with E-state index in [1.54, 1.807) is 13.0 Å². The Hall–Kier alpha value is -2.37. The van der Waals surface area contributed by atoms with Crippen LogP contribution in [0.15, 0.2) is 29.4 Å². The van der Waals surface area contributed by atoms with Crippen molar-refractivity contribution < 1.29 is 19.4 Å². The summed E-state index contributed by atoms with van der Waals surface area (Å²) < 4.78 is 4.87. The Labute approximate surface area is 116 Å². The lowest BCUT2D eigenvalue weighted by Crippen LogP contribution is -2.34. The molecule has 1 aliphatic rings. The predicted octanol–water partition coefficient (Wildman–Crippen LogP) is 1.58. The molecule has 1 aliphatic heterocycles. The van der Waals surface area contributed by atoms with Crippen molar-refractivity contribution in [3.8, 4) is 0 Å². The fraction of sp³-hybridized carbons (Fsp3) is 0.357. The molecule has 0 aliphatic carbocycles. The van der Waals surface area contributed by atoms with Gasteiger partial charge >= 0.3 is 11.9 Å². The van der Waals surface area contributed by atoms with Gasteiger partial charge in [-0.3, -0.25) is 5.01 Å². The molecule has 0 unspecified atom stereocenters. The van der Waals surface area contributed by atoms with Crippen molar-refractivity contribution in [1.82, 2.24) is 0 Å². The first-order valence-electron chi connectivity index (χ1n) is 6.36. The normalized spacial score (nSPS) is 17.8. The maximum absolute atomic E-state index is 11.7. The van der Waals surface area contributed by atoms with Gasteiger partial charge in [0.15, 0.2) is 6.04 Å². The molecule has 1 aromatic carbocycles. The SMILES string of the molecule is CCOC(=O)C1=NN(c2cccc(C)c2)[C@@H](C(=O)O)C1. The van der Waals surface area contributed by atoms with Gasteiger partial charge in [-0.05, 0) is 31.5 Å². The number of anilines is 1. The number of carboxylic acid groups (broad SMARTS) is 1. The summed E-state index contributed by atoms with van der Waals surface area (Å²) in [5, 5.41) is 14.8. The Bertz CT molecular complexity index is 568. The van der Waals surface area contributed by atoms with Crippen molar-refractivity contribution in [1.29, 1.82) is 0 Å². The van der Waals surface area contributed by atoms with Crippen LogP contribution in [-0.4, -0.2) is 35.4 Å². The number of esters is 1. The van der Waals surface area contributed by atoms with E-state index in [9.17, 15) is 14.7 Å². The lowest BCUT2D eigenvalue weighted by molar-refractivity contribution is -0.138. The fourth-order valence-electron chi connectivity index (χ4n) is 2.05. The van der Waals surface area contributed by atoms with E-state index < -0.39 is 18.0 Å². The molecule has 0 saturated heterocycles. The minimum Gasteiger partial charge on any atom is -0.480 e. The average molecular weight is 276 g/mol. The van der Waals surface area contributed by atoms with Gasteiger partial charge < -0.3 is 9.84 Å². The molecule has 1 atom stereocenters. The summed E-state index contributed by atoms with van der Waals surface area (Å²) in [4.78, 5) is 23.0. The van der Waals surface area contributed by atoms with Crippen LogP contribution in [0.5, 0.6) is 0 Å². The number of hydrazone groups is 1. The molecule has 20 heavy (non-hydrogen) atoms. The zero-order valence-electron chi connectivity index (χ0n) is 11.4. The van der Waals surface area contributed by atoms with Crippen LogP contribution >= 0.6 is 0 Å². The van der Waals surface area contributed by atoms with Crippen molar-refractivity contribution >= 4 is 23.3 Å². The first-order chi connectivity index (χ1) is 9.52. The molecule has 0 aromatic heterocycles. The first kappa shape index (κ1) is 14.0. The van der Waals surface area contributed by atoms with E-state index in [1.807, 2.05) is 25.1 Å². The van der Waals surface area contributed by atoms with Gasteiger partial charge in [0.05, 0.1) is 12.3 Å². The zero-order chi connectivity index (χ0) is 14.7. The number of carbonyl (C=O) groups excluding carboxylic acids is 1. The number of ether oxygens (including phenoxy) is 1. The molecule has 0 saturated carbocycles. The Kier molecular flexibility index (Phi) is 4.02. The van der Waals surface area contributed by atoms with E-state index in [-0.39, 0.29) is 18.7 Å². The summed E-state index contributed by atoms with van der Waals surface area (Å²) in [6.07, 6.45) is 0.0438. The van der Waals surface area contributed by atoms with Gasteiger partial charge in [-0.15, -0.1) is 0 Å². The standard InChI is InChI=1S/C14H16N2O4/c1-3-20-14(19)11-8-12(13(17)18)16(15-11)10-6-4-5-9(2)7-10/h4-7,12H,3,8H2,1-2H3,(H,17,18)/t12-/m1/s1. The molecule has 6 heteroatoms. The van der Waals surface area contributed by atoms with Gasteiger partial charge in [-0.2, -0.15) is 5.10 Å². The van der Waals surface area contributed by atoms with Gasteiger partial charge in [0.1, 0.15) is 5.71 Å². The molecule has 2 rings (SSSR count). The summed E-state index contributed by atoms with van der Waals surface area (Å²) in [6.45, 7) is 3.84. The first-order valence-corrected chi connectivity index (χ1v) is 6.36. The summed E-state index contributed by atoms with van der Waals surface area (Å²) >= 11 is 0. The van der Waals surface area contributed by atoms with E-state index in [0.717, 1.165) is 5.56 Å². The van der Waals surface area contributed by atoms with Crippen molar-refractivity contribution in [2.45, 2.75) is 26.3 Å². The second-order valence-corrected chi connectivity index (χ2v) is 4.51. The van der Waals surface area contributed by atoms with Gasteiger partial charge in [0.2, 0.25) is 0 Å². The highest BCUT2D eigenvalue weighted by Crippen LogP contribution is 2.25. The average Bonchev–Trinajstić information content (AvgIpc) is 2.84. The van der Waals surface area contributed by atoms with E-state index in [0.29, 0.717) is 5.69 Å². The highest BCUT2D eigenvalue weighted by atomic mass is 16.5. The van der Waals surface area contributed by atoms with Crippen LogP contribution in [0.2, 0.25) is 0 Å². The highest BCUT2D eigenvalue weighted by Gasteiger charge is 2.36. The van der Waals surface area contributed by atoms with Crippen LogP contribution in [0.4, 0.5) is 5.69 Å². The molecule has 1 heterocycles. The monoisotopic (exact) mass is 276 g/mol. The van der Waals surface area contributed by atoms with Crippen LogP contribution in [0.3, 0.4) is 0 Å². The zero-order valence-corrected chi connectivity index (χ0v) is 11.4. The Balaban J connectivity index is 2.32. The molecule has 1 aromatic rings. The summed E-state index contributed by atoms with van der Waals surface area (Å²) in [7, 11) is 0. The Morgan fingerprint density at radius 3 is 2.85 bits per heavy atom. The van der Waals surface area contributed by atoms with Crippen LogP contribution < -0.4 is 5.01 Å². The molecule has 0 spiro atoms. The van der Waals surface area contributed by atoms with E-state index >= 15 is 0 Å². The maximum atomic E-state index is 11.7. The van der Waals surface area contributed by atoms with Crippen molar-refractivity contribution in [3.63, 3.8) is 0 Å². The van der Waals surface area contributed by atoms with E-state index in [4.69, 9.17) is 4.74 Å². The number of carbonyl (C=O) groups is 2. The van der Waals surface area contributed by atoms with Crippen molar-refractivity contribution in [2.75, 3.05) is 11.6 Å². The van der Waals surface area contributed by atoms with E-state index in [1.165, 1.54) is 5.01 Å². The van der Waals surface area contributed by atoms with Crippen LogP contribution in [0.1, 0.15) is 18.9 Å². The lowest BCUT2D eigenvalue weighted by Gasteiger charge is -2.20. The molecule has 1 N–H and O–H groups in total. The molecule has 0 bridgehead atoms. The number of rotatable bonds is 4. The number of benzene rings is 1. The van der Waals surface area contributed by atoms with Gasteiger partial charge in [-0.1, -0.05) is 12.1 Å². The van der Waals surface area contributed by atoms with Crippen LogP contribution in [0.25, 0.3) is 0 Å². The molecule has 106 valence electrons. The Morgan fingerprint density at radius 2 is 2.25 bits per heavy atom. The van der Waals surface area contributed by atoms with Gasteiger partial charge in [0.25, 0.3) is 0 Å². The third-order valence-corrected chi connectivity index (χ3v) is 2.97. The lowest BCUT2D eigenvalue weighted by atomic mass is 10.1. The van der Waals surface area contributed by atoms with Gasteiger partial charge in [0, 0.05) is 6.42 Å². The minimum absolute atomic E-state index is 0.0438. The van der Waals surface area contributed by atoms with Crippen LogP contribution in [-0.2, 0) is 14.3 Å². The number of aliphatic carboxylic acids is 1. The maximum Gasteiger partial charge on any atom is 0.354 e. The van der Waals surface area contributed by atoms with Crippen molar-refractivity contribution in [3.05, 3.63) is 29.8 Å². The molecule has 0 amide bonds. The van der Waals surface area contributed by atoms with Crippen LogP contribution in [0, 0.1) is 6.92 Å². The topological polar surface area (TPSA) is 79.2 Å². The smallest absolute Gasteiger partial charge is 0.354 e. The third-order valence-electron chi connectivity index (χ3n) is 2.97. The molecule has 0 radical (unpaired) electrons. The second-order valence-electron chi connectivity index (χ2n) is 4.51. The number of aryl methyl sites for hydroxylation is 1. The van der Waals surface area contributed by atoms with Gasteiger partial charge in [-0.25, -0.2) is 9.59 Å². The number of hydrogen-bond donors (Lipinski definition) is 1. The summed E-state index contributed by atoms with van der Waals surface area (Å²) in [6, 6.07) is 6.44. The van der Waals surface area contributed by atoms with E-state index in [2.05, 4.69) is 5.10 Å². The summed E-state index contributed by atoms with van der Waals surface area (Å²) in [5.41, 5.74) is 1.78. The predicted molar refractivity (Wildman–Crippen MR) is 73.8 cm³/mol. The number of hydrogen-bond acceptors (Lipinski definition) is 5. The quantitative estimate of drug-likeness (QED) is 0.844. The molecular formula is C14H16N2O4. The summed E-state index contributed by atoms with van der Waals surface area (Å²) in [5.74, 6) is -1.58. The highest BCUT2D eigenvalue weighted by molar-refractivity contribution is 6.38.